The number of benzene rings is 1. The van der Waals surface area contributed by atoms with Crippen LogP contribution in [0.5, 0.6) is 5.75 Å². The van der Waals surface area contributed by atoms with Gasteiger partial charge in [-0.15, -0.1) is 0 Å². The Hall–Kier alpha value is -2.39. The minimum absolute atomic E-state index is 0.117. The van der Waals surface area contributed by atoms with Crippen LogP contribution in [0.15, 0.2) is 27.6 Å². The molecule has 9 heteroatoms. The smallest absolute Gasteiger partial charge is 0.241 e. The predicted molar refractivity (Wildman–Crippen MR) is 87.3 cm³/mol. The van der Waals surface area contributed by atoms with E-state index in [2.05, 4.69) is 10.5 Å². The number of anilines is 1. The fraction of sp³-hybridized carbons (Fsp3) is 0.333. The number of nitrogens with one attached hydrogen (secondary N) is 1. The SMILES string of the molecule is COc1ccc(NC(=O)CCc2c(C)noc2C)cc1S(N)(=O)=O. The molecular weight excluding hydrogens is 334 g/mol. The molecule has 0 aliphatic carbocycles. The molecule has 0 radical (unpaired) electrons. The number of amides is 1. The second-order valence-corrected chi connectivity index (χ2v) is 6.79. The summed E-state index contributed by atoms with van der Waals surface area (Å²) >= 11 is 0. The number of nitrogens with two attached hydrogens (primary N) is 1. The van der Waals surface area contributed by atoms with Gasteiger partial charge in [-0.05, 0) is 38.5 Å². The number of aryl methyl sites for hydroxylation is 2. The van der Waals surface area contributed by atoms with Crippen LogP contribution in [0, 0.1) is 13.8 Å². The van der Waals surface area contributed by atoms with E-state index in [-0.39, 0.29) is 23.0 Å². The molecule has 0 bridgehead atoms. The number of rotatable bonds is 6. The number of hydrogen-bond donors (Lipinski definition) is 2. The second-order valence-electron chi connectivity index (χ2n) is 5.26. The van der Waals surface area contributed by atoms with Crippen LogP contribution < -0.4 is 15.2 Å². The predicted octanol–water partition coefficient (Wildman–Crippen LogP) is 1.52. The van der Waals surface area contributed by atoms with Crippen molar-refractivity contribution in [1.82, 2.24) is 5.16 Å². The third-order valence-corrected chi connectivity index (χ3v) is 4.47. The molecule has 1 aromatic heterocycles. The first-order valence-electron chi connectivity index (χ1n) is 7.15. The normalized spacial score (nSPS) is 11.3. The standard InChI is InChI=1S/C15H19N3O5S/c1-9-12(10(2)23-18-9)5-7-15(19)17-11-4-6-13(22-3)14(8-11)24(16,20)21/h4,6,8H,5,7H2,1-3H3,(H,17,19)(H2,16,20,21). The van der Waals surface area contributed by atoms with E-state index >= 15 is 0 Å². The number of methoxy groups -OCH3 is 1. The van der Waals surface area contributed by atoms with Crippen molar-refractivity contribution in [3.63, 3.8) is 0 Å². The third-order valence-electron chi connectivity index (χ3n) is 3.54. The van der Waals surface area contributed by atoms with Gasteiger partial charge in [0.05, 0.1) is 12.8 Å². The van der Waals surface area contributed by atoms with Gasteiger partial charge in [-0.2, -0.15) is 0 Å². The molecule has 0 aliphatic rings. The lowest BCUT2D eigenvalue weighted by molar-refractivity contribution is -0.116. The average molecular weight is 353 g/mol. The first-order chi connectivity index (χ1) is 11.2. The zero-order valence-electron chi connectivity index (χ0n) is 13.6. The van der Waals surface area contributed by atoms with E-state index in [1.54, 1.807) is 13.0 Å². The first-order valence-corrected chi connectivity index (χ1v) is 8.69. The molecule has 1 heterocycles. The maximum Gasteiger partial charge on any atom is 0.241 e. The largest absolute Gasteiger partial charge is 0.495 e. The summed E-state index contributed by atoms with van der Waals surface area (Å²) in [4.78, 5) is 11.9. The Bertz CT molecular complexity index is 838. The Morgan fingerprint density at radius 2 is 2.08 bits per heavy atom. The topological polar surface area (TPSA) is 125 Å². The maximum absolute atomic E-state index is 12.1. The molecule has 0 saturated carbocycles. The minimum Gasteiger partial charge on any atom is -0.495 e. The number of sulfonamides is 1. The van der Waals surface area contributed by atoms with Gasteiger partial charge in [-0.1, -0.05) is 5.16 Å². The van der Waals surface area contributed by atoms with E-state index in [4.69, 9.17) is 14.4 Å². The number of carbonyl (C=O) groups is 1. The van der Waals surface area contributed by atoms with Crippen molar-refractivity contribution >= 4 is 21.6 Å². The van der Waals surface area contributed by atoms with E-state index in [1.165, 1.54) is 19.2 Å². The van der Waals surface area contributed by atoms with Crippen LogP contribution in [0.3, 0.4) is 0 Å². The minimum atomic E-state index is -3.96. The highest BCUT2D eigenvalue weighted by atomic mass is 32.2. The molecule has 1 amide bonds. The Kier molecular flexibility index (Phi) is 5.25. The summed E-state index contributed by atoms with van der Waals surface area (Å²) in [6.07, 6.45) is 0.685. The molecule has 0 aliphatic heterocycles. The summed E-state index contributed by atoms with van der Waals surface area (Å²) < 4.78 is 33.2. The number of nitrogens with zero attached hydrogens (tertiary/aromatic N) is 1. The van der Waals surface area contributed by atoms with Crippen molar-refractivity contribution < 1.29 is 22.5 Å². The lowest BCUT2D eigenvalue weighted by Gasteiger charge is -2.10. The number of hydrogen-bond acceptors (Lipinski definition) is 6. The van der Waals surface area contributed by atoms with Crippen molar-refractivity contribution in [3.8, 4) is 5.75 Å². The Morgan fingerprint density at radius 1 is 1.38 bits per heavy atom. The van der Waals surface area contributed by atoms with Gasteiger partial charge in [0, 0.05) is 17.7 Å². The number of carbonyl (C=O) groups excluding carboxylic acids is 1. The second kappa shape index (κ2) is 7.02. The quantitative estimate of drug-likeness (QED) is 0.811. The van der Waals surface area contributed by atoms with Gasteiger partial charge < -0.3 is 14.6 Å². The van der Waals surface area contributed by atoms with Crippen molar-refractivity contribution in [2.75, 3.05) is 12.4 Å². The highest BCUT2D eigenvalue weighted by Crippen LogP contribution is 2.26. The van der Waals surface area contributed by atoms with E-state index in [1.807, 2.05) is 6.92 Å². The van der Waals surface area contributed by atoms with Gasteiger partial charge in [0.2, 0.25) is 15.9 Å². The lowest BCUT2D eigenvalue weighted by atomic mass is 10.1. The van der Waals surface area contributed by atoms with E-state index < -0.39 is 10.0 Å². The number of aromatic nitrogens is 1. The third kappa shape index (κ3) is 4.12. The molecule has 24 heavy (non-hydrogen) atoms. The van der Waals surface area contributed by atoms with Crippen LogP contribution in [0.1, 0.15) is 23.4 Å². The first kappa shape index (κ1) is 18.0. The molecule has 8 nitrogen and oxygen atoms in total. The Balaban J connectivity index is 2.09. The average Bonchev–Trinajstić information content (AvgIpc) is 2.83. The molecule has 0 atom stereocenters. The molecule has 3 N–H and O–H groups in total. The van der Waals surface area contributed by atoms with Gasteiger partial charge >= 0.3 is 0 Å². The summed E-state index contributed by atoms with van der Waals surface area (Å²) in [5, 5.41) is 11.6. The zero-order chi connectivity index (χ0) is 17.9. The van der Waals surface area contributed by atoms with E-state index in [0.29, 0.717) is 17.9 Å². The molecule has 1 aromatic carbocycles. The fourth-order valence-electron chi connectivity index (χ4n) is 2.30. The van der Waals surface area contributed by atoms with Gasteiger partial charge in [0.25, 0.3) is 0 Å². The van der Waals surface area contributed by atoms with Crippen molar-refractivity contribution in [2.24, 2.45) is 5.14 Å². The van der Waals surface area contributed by atoms with Crippen LogP contribution in [-0.2, 0) is 21.2 Å². The van der Waals surface area contributed by atoms with Crippen LogP contribution >= 0.6 is 0 Å². The molecular formula is C15H19N3O5S. The summed E-state index contributed by atoms with van der Waals surface area (Å²) in [6, 6.07) is 4.24. The summed E-state index contributed by atoms with van der Waals surface area (Å²) in [5.74, 6) is 0.535. The van der Waals surface area contributed by atoms with Crippen LogP contribution in [0.2, 0.25) is 0 Å². The van der Waals surface area contributed by atoms with Crippen molar-refractivity contribution in [1.29, 1.82) is 0 Å². The van der Waals surface area contributed by atoms with Crippen LogP contribution in [0.25, 0.3) is 0 Å². The van der Waals surface area contributed by atoms with Crippen molar-refractivity contribution in [2.45, 2.75) is 31.6 Å². The molecule has 130 valence electrons. The zero-order valence-corrected chi connectivity index (χ0v) is 14.4. The number of primary sulfonamides is 1. The van der Waals surface area contributed by atoms with E-state index in [9.17, 15) is 13.2 Å². The van der Waals surface area contributed by atoms with E-state index in [0.717, 1.165) is 11.3 Å². The fourth-order valence-corrected chi connectivity index (χ4v) is 3.02. The highest BCUT2D eigenvalue weighted by molar-refractivity contribution is 7.89. The molecule has 0 unspecified atom stereocenters. The summed E-state index contributed by atoms with van der Waals surface area (Å²) in [5.41, 5.74) is 1.97. The summed E-state index contributed by atoms with van der Waals surface area (Å²) in [6.45, 7) is 3.60. The summed E-state index contributed by atoms with van der Waals surface area (Å²) in [7, 11) is -2.62. The van der Waals surface area contributed by atoms with Gasteiger partial charge in [0.15, 0.2) is 0 Å². The molecule has 0 saturated heterocycles. The lowest BCUT2D eigenvalue weighted by Crippen LogP contribution is -2.16. The monoisotopic (exact) mass is 353 g/mol. The molecule has 2 rings (SSSR count). The van der Waals surface area contributed by atoms with Gasteiger partial charge in [0.1, 0.15) is 16.4 Å². The Labute approximate surface area is 140 Å². The van der Waals surface area contributed by atoms with Gasteiger partial charge in [-0.3, -0.25) is 4.79 Å². The molecule has 0 spiro atoms. The maximum atomic E-state index is 12.1. The molecule has 2 aromatic rings. The number of ether oxygens (including phenoxy) is 1. The Morgan fingerprint density at radius 3 is 2.62 bits per heavy atom. The highest BCUT2D eigenvalue weighted by Gasteiger charge is 2.17. The van der Waals surface area contributed by atoms with Gasteiger partial charge in [-0.25, -0.2) is 13.6 Å². The van der Waals surface area contributed by atoms with Crippen LogP contribution in [0.4, 0.5) is 5.69 Å². The van der Waals surface area contributed by atoms with Crippen LogP contribution in [-0.4, -0.2) is 26.6 Å². The molecule has 0 fully saturated rings. The van der Waals surface area contributed by atoms with Crippen molar-refractivity contribution in [3.05, 3.63) is 35.2 Å².